The van der Waals surface area contributed by atoms with Gasteiger partial charge in [-0.3, -0.25) is 25.3 Å². The molecule has 0 bridgehead atoms. The van der Waals surface area contributed by atoms with Crippen molar-refractivity contribution in [2.24, 2.45) is 0 Å². The number of rotatable bonds is 11. The summed E-state index contributed by atoms with van der Waals surface area (Å²) >= 11 is 0. The van der Waals surface area contributed by atoms with Crippen LogP contribution in [0.1, 0.15) is 46.5 Å². The minimum Gasteiger partial charge on any atom is -0.481 e. The molecule has 3 N–H and O–H groups in total. The molecule has 3 heterocycles. The smallest absolute Gasteiger partial charge is 0.414 e. The molecule has 0 aromatic rings. The monoisotopic (exact) mass is 553 g/mol. The van der Waals surface area contributed by atoms with Gasteiger partial charge in [0.25, 0.3) is 0 Å². The molecular weight excluding hydrogens is 506 g/mol. The Labute approximate surface area is 231 Å². The molecule has 1 unspecified atom stereocenters. The lowest BCUT2D eigenvalue weighted by Gasteiger charge is -2.36. The molecule has 0 spiro atoms. The molecule has 222 valence electrons. The van der Waals surface area contributed by atoms with E-state index >= 15 is 0 Å². The van der Waals surface area contributed by atoms with Gasteiger partial charge in [0.1, 0.15) is 11.7 Å². The highest BCUT2D eigenvalue weighted by Crippen LogP contribution is 2.15. The van der Waals surface area contributed by atoms with E-state index in [0.29, 0.717) is 32.6 Å². The number of unbranched alkanes of at least 4 members (excludes halogenated alkanes) is 1. The van der Waals surface area contributed by atoms with E-state index in [1.54, 1.807) is 20.8 Å². The Morgan fingerprint density at radius 1 is 0.949 bits per heavy atom. The fraction of sp³-hybridized carbons (Fsp3) is 0.846. The molecular formula is C26H47N7O6. The molecule has 3 rings (SSSR count). The molecule has 1 atom stereocenters. The van der Waals surface area contributed by atoms with E-state index < -0.39 is 17.7 Å². The third-order valence-electron chi connectivity index (χ3n) is 7.20. The van der Waals surface area contributed by atoms with Crippen LogP contribution in [0.4, 0.5) is 9.59 Å². The number of hydrogen-bond donors (Lipinski definition) is 3. The number of carbonyl (C=O) groups excluding carboxylic acids is 2. The Bertz CT molecular complexity index is 835. The Hall–Kier alpha value is -2.64. The summed E-state index contributed by atoms with van der Waals surface area (Å²) < 4.78 is 10.8. The van der Waals surface area contributed by atoms with E-state index in [9.17, 15) is 14.4 Å². The van der Waals surface area contributed by atoms with Crippen LogP contribution < -0.4 is 5.32 Å². The molecule has 0 aromatic heterocycles. The van der Waals surface area contributed by atoms with Gasteiger partial charge in [-0.05, 0) is 53.1 Å². The number of aliphatic carboxylic acids is 1. The van der Waals surface area contributed by atoms with Crippen molar-refractivity contribution in [2.75, 3.05) is 85.1 Å². The van der Waals surface area contributed by atoms with Crippen molar-refractivity contribution in [3.05, 3.63) is 0 Å². The van der Waals surface area contributed by atoms with Crippen molar-refractivity contribution < 1.29 is 29.0 Å². The number of alkyl carbamates (subject to hydrolysis) is 1. The van der Waals surface area contributed by atoms with Gasteiger partial charge < -0.3 is 29.3 Å². The average Bonchev–Trinajstić information content (AvgIpc) is 3.20. The van der Waals surface area contributed by atoms with E-state index in [1.165, 1.54) is 0 Å². The van der Waals surface area contributed by atoms with Crippen molar-refractivity contribution in [3.63, 3.8) is 0 Å². The number of carboxylic acid groups (broad SMARTS) is 1. The van der Waals surface area contributed by atoms with Crippen molar-refractivity contribution in [2.45, 2.75) is 58.2 Å². The van der Waals surface area contributed by atoms with Gasteiger partial charge in [0.2, 0.25) is 5.96 Å². The third-order valence-corrected chi connectivity index (χ3v) is 7.20. The summed E-state index contributed by atoms with van der Waals surface area (Å²) in [4.78, 5) is 45.6. The number of nitrogens with zero attached hydrogens (tertiary/aromatic N) is 5. The predicted molar refractivity (Wildman–Crippen MR) is 146 cm³/mol. The summed E-state index contributed by atoms with van der Waals surface area (Å²) in [6.45, 7) is 15.8. The molecule has 3 aliphatic rings. The van der Waals surface area contributed by atoms with Crippen LogP contribution in [-0.4, -0.2) is 151 Å². The first-order valence-corrected chi connectivity index (χ1v) is 14.2. The lowest BCUT2D eigenvalue weighted by atomic mass is 10.2. The first-order valence-electron chi connectivity index (χ1n) is 14.2. The van der Waals surface area contributed by atoms with Gasteiger partial charge in [-0.15, -0.1) is 0 Å². The SMILES string of the molecule is CC(C)(C)OC(=O)NC(=N)N1CCN(CCCCN2CC(CN3CCN(CCCC(=O)O)CC3)OC2=O)CC1. The fourth-order valence-corrected chi connectivity index (χ4v) is 5.10. The molecule has 0 aromatic carbocycles. The van der Waals surface area contributed by atoms with Crippen molar-refractivity contribution in [1.82, 2.24) is 29.8 Å². The summed E-state index contributed by atoms with van der Waals surface area (Å²) in [7, 11) is 0. The standard InChI is InChI=1S/C26H47N7O6/c1-26(2,3)39-24(36)28-23(27)32-17-15-29(16-18-32)8-4-5-10-33-20-21(38-25(33)37)19-31-13-11-30(12-14-31)9-6-7-22(34)35/h21H,4-20H2,1-3H3,(H,34,35)(H2,27,28,36). The van der Waals surface area contributed by atoms with Crippen LogP contribution in [0, 0.1) is 5.41 Å². The molecule has 3 fully saturated rings. The first-order chi connectivity index (χ1) is 18.5. The molecule has 0 radical (unpaired) electrons. The highest BCUT2D eigenvalue weighted by Gasteiger charge is 2.33. The molecule has 3 aliphatic heterocycles. The summed E-state index contributed by atoms with van der Waals surface area (Å²) in [6, 6.07) is 0. The van der Waals surface area contributed by atoms with Crippen LogP contribution in [0.15, 0.2) is 0 Å². The van der Waals surface area contributed by atoms with E-state index in [0.717, 1.165) is 71.7 Å². The van der Waals surface area contributed by atoms with Crippen LogP contribution >= 0.6 is 0 Å². The maximum absolute atomic E-state index is 12.4. The topological polar surface area (TPSA) is 142 Å². The normalized spacial score (nSPS) is 21.6. The van der Waals surface area contributed by atoms with Gasteiger partial charge in [-0.2, -0.15) is 0 Å². The minimum atomic E-state index is -0.743. The second-order valence-corrected chi connectivity index (χ2v) is 11.6. The molecule has 13 heteroatoms. The molecule has 13 nitrogen and oxygen atoms in total. The van der Waals surface area contributed by atoms with Gasteiger partial charge >= 0.3 is 18.2 Å². The Balaban J connectivity index is 1.24. The number of ether oxygens (including phenoxy) is 2. The quantitative estimate of drug-likeness (QED) is 0.194. The number of nitrogens with one attached hydrogen (secondary N) is 2. The van der Waals surface area contributed by atoms with E-state index in [2.05, 4.69) is 20.0 Å². The van der Waals surface area contributed by atoms with E-state index in [-0.39, 0.29) is 24.6 Å². The van der Waals surface area contributed by atoms with Crippen LogP contribution in [-0.2, 0) is 14.3 Å². The third kappa shape index (κ3) is 11.2. The minimum absolute atomic E-state index is 0.0728. The van der Waals surface area contributed by atoms with Crippen LogP contribution in [0.25, 0.3) is 0 Å². The summed E-state index contributed by atoms with van der Waals surface area (Å²) in [5.41, 5.74) is -0.599. The number of piperazine rings is 2. The highest BCUT2D eigenvalue weighted by molar-refractivity contribution is 5.92. The number of carbonyl (C=O) groups is 3. The molecule has 3 saturated heterocycles. The Morgan fingerprint density at radius 2 is 1.51 bits per heavy atom. The summed E-state index contributed by atoms with van der Waals surface area (Å²) in [5.74, 6) is -0.670. The van der Waals surface area contributed by atoms with Crippen molar-refractivity contribution >= 4 is 24.1 Å². The van der Waals surface area contributed by atoms with Crippen molar-refractivity contribution in [1.29, 1.82) is 5.41 Å². The first kappa shape index (κ1) is 30.9. The lowest BCUT2D eigenvalue weighted by molar-refractivity contribution is -0.137. The molecule has 0 saturated carbocycles. The van der Waals surface area contributed by atoms with Gasteiger partial charge in [0.05, 0.1) is 6.54 Å². The number of amides is 2. The zero-order valence-electron chi connectivity index (χ0n) is 23.8. The summed E-state index contributed by atoms with van der Waals surface area (Å²) in [6.07, 6.45) is 1.85. The molecule has 39 heavy (non-hydrogen) atoms. The number of carboxylic acids is 1. The summed E-state index contributed by atoms with van der Waals surface area (Å²) in [5, 5.41) is 19.4. The van der Waals surface area contributed by atoms with Gasteiger partial charge in [-0.1, -0.05) is 0 Å². The van der Waals surface area contributed by atoms with Gasteiger partial charge in [0.15, 0.2) is 0 Å². The maximum Gasteiger partial charge on any atom is 0.414 e. The Morgan fingerprint density at radius 3 is 2.13 bits per heavy atom. The molecule has 0 aliphatic carbocycles. The van der Waals surface area contributed by atoms with Crippen LogP contribution in [0.3, 0.4) is 0 Å². The number of cyclic esters (lactones) is 1. The van der Waals surface area contributed by atoms with Gasteiger partial charge in [0, 0.05) is 71.9 Å². The number of guanidine groups is 1. The van der Waals surface area contributed by atoms with E-state index in [4.69, 9.17) is 20.0 Å². The highest BCUT2D eigenvalue weighted by atomic mass is 16.6. The number of hydrogen-bond acceptors (Lipinski definition) is 9. The second-order valence-electron chi connectivity index (χ2n) is 11.6. The average molecular weight is 554 g/mol. The molecule has 2 amide bonds. The lowest BCUT2D eigenvalue weighted by Crippen LogP contribution is -2.53. The largest absolute Gasteiger partial charge is 0.481 e. The van der Waals surface area contributed by atoms with Crippen LogP contribution in [0.2, 0.25) is 0 Å². The van der Waals surface area contributed by atoms with Gasteiger partial charge in [-0.25, -0.2) is 9.59 Å². The van der Waals surface area contributed by atoms with Crippen LogP contribution in [0.5, 0.6) is 0 Å². The van der Waals surface area contributed by atoms with Crippen molar-refractivity contribution in [3.8, 4) is 0 Å². The zero-order valence-corrected chi connectivity index (χ0v) is 23.8. The predicted octanol–water partition coefficient (Wildman–Crippen LogP) is 1.15. The maximum atomic E-state index is 12.4. The zero-order chi connectivity index (χ0) is 28.4. The fourth-order valence-electron chi connectivity index (χ4n) is 5.10. The van der Waals surface area contributed by atoms with E-state index in [1.807, 2.05) is 9.80 Å². The second kappa shape index (κ2) is 14.7. The Kier molecular flexibility index (Phi) is 11.6.